The van der Waals surface area contributed by atoms with Crippen LogP contribution in [0.3, 0.4) is 0 Å². The van der Waals surface area contributed by atoms with Gasteiger partial charge in [-0.25, -0.2) is 4.79 Å². The van der Waals surface area contributed by atoms with Gasteiger partial charge in [0.1, 0.15) is 5.60 Å². The Labute approximate surface area is 127 Å². The predicted octanol–water partition coefficient (Wildman–Crippen LogP) is 2.07. The van der Waals surface area contributed by atoms with Crippen molar-refractivity contribution in [1.29, 1.82) is 0 Å². The Morgan fingerprint density at radius 1 is 1.10 bits per heavy atom. The first-order valence-corrected chi connectivity index (χ1v) is 7.58. The second-order valence-electron chi connectivity index (χ2n) is 6.14. The number of rotatable bonds is 7. The molecule has 0 aromatic carbocycles. The van der Waals surface area contributed by atoms with Gasteiger partial charge in [0.15, 0.2) is 0 Å². The predicted molar refractivity (Wildman–Crippen MR) is 79.5 cm³/mol. The summed E-state index contributed by atoms with van der Waals surface area (Å²) < 4.78 is 21.3. The maximum atomic E-state index is 11.9. The lowest BCUT2D eigenvalue weighted by molar-refractivity contribution is -0.0336. The maximum absolute atomic E-state index is 11.9. The molecule has 6 nitrogen and oxygen atoms in total. The van der Waals surface area contributed by atoms with Crippen LogP contribution in [0.2, 0.25) is 0 Å². The third-order valence-corrected chi connectivity index (χ3v) is 3.11. The van der Waals surface area contributed by atoms with Crippen molar-refractivity contribution in [1.82, 2.24) is 4.90 Å². The third-order valence-electron chi connectivity index (χ3n) is 3.11. The van der Waals surface area contributed by atoms with E-state index in [0.717, 1.165) is 12.8 Å². The summed E-state index contributed by atoms with van der Waals surface area (Å²) in [6.07, 6.45) is 1.66. The van der Waals surface area contributed by atoms with Gasteiger partial charge in [-0.05, 0) is 33.6 Å². The van der Waals surface area contributed by atoms with Crippen molar-refractivity contribution in [2.75, 3.05) is 46.6 Å². The van der Waals surface area contributed by atoms with E-state index in [0.29, 0.717) is 39.5 Å². The molecule has 0 aromatic heterocycles. The fraction of sp³-hybridized carbons (Fsp3) is 0.933. The summed E-state index contributed by atoms with van der Waals surface area (Å²) in [5.74, 6) is 0. The molecule has 0 radical (unpaired) electrons. The number of amides is 1. The van der Waals surface area contributed by atoms with E-state index in [9.17, 15) is 4.79 Å². The van der Waals surface area contributed by atoms with Crippen molar-refractivity contribution in [3.05, 3.63) is 0 Å². The lowest BCUT2D eigenvalue weighted by Gasteiger charge is -2.33. The summed E-state index contributed by atoms with van der Waals surface area (Å²) in [6.45, 7) is 9.37. The normalized spacial score (nSPS) is 17.0. The van der Waals surface area contributed by atoms with E-state index in [4.69, 9.17) is 18.9 Å². The van der Waals surface area contributed by atoms with Crippen LogP contribution < -0.4 is 0 Å². The summed E-state index contributed by atoms with van der Waals surface area (Å²) >= 11 is 0. The van der Waals surface area contributed by atoms with Crippen LogP contribution in [0.5, 0.6) is 0 Å². The molecule has 1 saturated heterocycles. The Balaban J connectivity index is 2.10. The average Bonchev–Trinajstić information content (AvgIpc) is 2.41. The van der Waals surface area contributed by atoms with Gasteiger partial charge in [0, 0.05) is 20.2 Å². The number of hydrogen-bond donors (Lipinski definition) is 0. The van der Waals surface area contributed by atoms with Gasteiger partial charge in [-0.2, -0.15) is 0 Å². The molecule has 0 unspecified atom stereocenters. The Hall–Kier alpha value is -0.850. The molecule has 1 fully saturated rings. The maximum Gasteiger partial charge on any atom is 0.410 e. The Morgan fingerprint density at radius 3 is 2.29 bits per heavy atom. The van der Waals surface area contributed by atoms with Gasteiger partial charge in [0.25, 0.3) is 0 Å². The van der Waals surface area contributed by atoms with Gasteiger partial charge in [-0.1, -0.05) is 0 Å². The van der Waals surface area contributed by atoms with E-state index in [2.05, 4.69) is 0 Å². The largest absolute Gasteiger partial charge is 0.444 e. The highest BCUT2D eigenvalue weighted by atomic mass is 16.6. The minimum absolute atomic E-state index is 0.203. The minimum atomic E-state index is -0.441. The average molecular weight is 303 g/mol. The van der Waals surface area contributed by atoms with Crippen molar-refractivity contribution in [2.24, 2.45) is 0 Å². The van der Waals surface area contributed by atoms with E-state index in [-0.39, 0.29) is 12.2 Å². The molecule has 124 valence electrons. The number of carbonyl (C=O) groups is 1. The molecule has 6 heteroatoms. The Morgan fingerprint density at radius 2 is 1.71 bits per heavy atom. The standard InChI is InChI=1S/C15H29NO5/c1-15(2,3)21-14(17)16-7-5-13(6-8-16)20-12-11-19-10-9-18-4/h13H,5-12H2,1-4H3. The molecule has 21 heavy (non-hydrogen) atoms. The van der Waals surface area contributed by atoms with Crippen molar-refractivity contribution >= 4 is 6.09 Å². The smallest absolute Gasteiger partial charge is 0.410 e. The molecule has 0 N–H and O–H groups in total. The number of hydrogen-bond acceptors (Lipinski definition) is 5. The number of likely N-dealkylation sites (tertiary alicyclic amines) is 1. The lowest BCUT2D eigenvalue weighted by Crippen LogP contribution is -2.43. The van der Waals surface area contributed by atoms with Crippen LogP contribution in [0.15, 0.2) is 0 Å². The van der Waals surface area contributed by atoms with Gasteiger partial charge in [0.05, 0.1) is 32.5 Å². The molecular weight excluding hydrogens is 274 g/mol. The summed E-state index contributed by atoms with van der Waals surface area (Å²) in [7, 11) is 1.65. The molecule has 1 heterocycles. The van der Waals surface area contributed by atoms with Crippen LogP contribution in [0, 0.1) is 0 Å². The monoisotopic (exact) mass is 303 g/mol. The molecule has 1 aliphatic rings. The SMILES string of the molecule is COCCOCCOC1CCN(C(=O)OC(C)(C)C)CC1. The molecule has 0 saturated carbocycles. The van der Waals surface area contributed by atoms with Crippen LogP contribution in [0.4, 0.5) is 4.79 Å². The summed E-state index contributed by atoms with van der Waals surface area (Å²) in [4.78, 5) is 13.7. The summed E-state index contributed by atoms with van der Waals surface area (Å²) in [6, 6.07) is 0. The van der Waals surface area contributed by atoms with Crippen molar-refractivity contribution in [3.8, 4) is 0 Å². The van der Waals surface area contributed by atoms with Crippen LogP contribution in [0.25, 0.3) is 0 Å². The number of piperidine rings is 1. The highest BCUT2D eigenvalue weighted by molar-refractivity contribution is 5.68. The van der Waals surface area contributed by atoms with Crippen molar-refractivity contribution < 1.29 is 23.7 Å². The van der Waals surface area contributed by atoms with Crippen LogP contribution in [-0.2, 0) is 18.9 Å². The third kappa shape index (κ3) is 8.24. The number of ether oxygens (including phenoxy) is 4. The van der Waals surface area contributed by atoms with Gasteiger partial charge in [0.2, 0.25) is 0 Å². The summed E-state index contributed by atoms with van der Waals surface area (Å²) in [5.41, 5.74) is -0.441. The van der Waals surface area contributed by atoms with Gasteiger partial charge < -0.3 is 23.8 Å². The molecule has 1 amide bonds. The highest BCUT2D eigenvalue weighted by Gasteiger charge is 2.26. The zero-order valence-corrected chi connectivity index (χ0v) is 13.7. The highest BCUT2D eigenvalue weighted by Crippen LogP contribution is 2.17. The molecule has 1 rings (SSSR count). The molecule has 0 aromatic rings. The zero-order valence-electron chi connectivity index (χ0n) is 13.7. The second-order valence-corrected chi connectivity index (χ2v) is 6.14. The fourth-order valence-electron chi connectivity index (χ4n) is 2.05. The Bertz CT molecular complexity index is 295. The number of carbonyl (C=O) groups excluding carboxylic acids is 1. The van der Waals surface area contributed by atoms with E-state index < -0.39 is 5.60 Å². The molecule has 0 bridgehead atoms. The van der Waals surface area contributed by atoms with Crippen molar-refractivity contribution in [2.45, 2.75) is 45.3 Å². The molecule has 0 spiro atoms. The van der Waals surface area contributed by atoms with E-state index >= 15 is 0 Å². The van der Waals surface area contributed by atoms with Crippen molar-refractivity contribution in [3.63, 3.8) is 0 Å². The van der Waals surface area contributed by atoms with Gasteiger partial charge >= 0.3 is 6.09 Å². The fourth-order valence-corrected chi connectivity index (χ4v) is 2.05. The number of nitrogens with zero attached hydrogens (tertiary/aromatic N) is 1. The Kier molecular flexibility index (Phi) is 8.00. The molecule has 0 atom stereocenters. The first kappa shape index (κ1) is 18.2. The first-order valence-electron chi connectivity index (χ1n) is 7.58. The topological polar surface area (TPSA) is 57.2 Å². The van der Waals surface area contributed by atoms with Crippen LogP contribution in [0.1, 0.15) is 33.6 Å². The van der Waals surface area contributed by atoms with Crippen LogP contribution >= 0.6 is 0 Å². The second kappa shape index (κ2) is 9.23. The molecule has 0 aliphatic carbocycles. The summed E-state index contributed by atoms with van der Waals surface area (Å²) in [5, 5.41) is 0. The molecular formula is C15H29NO5. The lowest BCUT2D eigenvalue weighted by atomic mass is 10.1. The van der Waals surface area contributed by atoms with E-state index in [1.165, 1.54) is 0 Å². The minimum Gasteiger partial charge on any atom is -0.444 e. The zero-order chi connectivity index (χ0) is 15.7. The quantitative estimate of drug-likeness (QED) is 0.674. The molecule has 1 aliphatic heterocycles. The number of methoxy groups -OCH3 is 1. The van der Waals surface area contributed by atoms with Crippen LogP contribution in [-0.4, -0.2) is 69.3 Å². The van der Waals surface area contributed by atoms with E-state index in [1.807, 2.05) is 20.8 Å². The first-order chi connectivity index (χ1) is 9.92. The van der Waals surface area contributed by atoms with E-state index in [1.54, 1.807) is 12.0 Å². The van der Waals surface area contributed by atoms with Gasteiger partial charge in [-0.15, -0.1) is 0 Å². The van der Waals surface area contributed by atoms with Gasteiger partial charge in [-0.3, -0.25) is 0 Å².